The van der Waals surface area contributed by atoms with E-state index in [2.05, 4.69) is 16.0 Å². The Morgan fingerprint density at radius 3 is 2.79 bits per heavy atom. The number of aryl methyl sites for hydroxylation is 1. The van der Waals surface area contributed by atoms with E-state index in [1.807, 2.05) is 30.3 Å². The first-order chi connectivity index (χ1) is 13.5. The highest BCUT2D eigenvalue weighted by Crippen LogP contribution is 2.22. The molecule has 1 aliphatic rings. The molecule has 4 rings (SSSR count). The molecule has 1 aliphatic heterocycles. The molecule has 1 fully saturated rings. The largest absolute Gasteiger partial charge is 0.391 e. The van der Waals surface area contributed by atoms with Crippen molar-refractivity contribution in [2.24, 2.45) is 5.92 Å². The van der Waals surface area contributed by atoms with Crippen molar-refractivity contribution in [2.75, 3.05) is 19.6 Å². The van der Waals surface area contributed by atoms with Crippen LogP contribution in [-0.4, -0.2) is 50.3 Å². The highest BCUT2D eigenvalue weighted by molar-refractivity contribution is 5.78. The molecule has 2 N–H and O–H groups in total. The Labute approximate surface area is 162 Å². The van der Waals surface area contributed by atoms with Crippen molar-refractivity contribution in [3.8, 4) is 0 Å². The van der Waals surface area contributed by atoms with Gasteiger partial charge in [0, 0.05) is 54.9 Å². The number of rotatable bonds is 5. The maximum atomic E-state index is 12.0. The SMILES string of the molecule is Cc1cc(=O)n(CCN2C[C@@H](Cc3ccc4ccccc4n3)[C@H](O)C2)c(=O)[nH]1. The van der Waals surface area contributed by atoms with Crippen LogP contribution in [0.4, 0.5) is 0 Å². The van der Waals surface area contributed by atoms with E-state index < -0.39 is 6.10 Å². The molecule has 2 atom stereocenters. The lowest BCUT2D eigenvalue weighted by Crippen LogP contribution is -2.38. The number of fused-ring (bicyclic) bond motifs is 1. The van der Waals surface area contributed by atoms with Gasteiger partial charge in [-0.1, -0.05) is 24.3 Å². The fraction of sp³-hybridized carbons (Fsp3) is 0.381. The number of aliphatic hydroxyl groups excluding tert-OH is 1. The number of aliphatic hydroxyl groups is 1. The summed E-state index contributed by atoms with van der Waals surface area (Å²) >= 11 is 0. The van der Waals surface area contributed by atoms with Crippen LogP contribution in [0.1, 0.15) is 11.4 Å². The molecule has 0 amide bonds. The first-order valence-electron chi connectivity index (χ1n) is 9.55. The van der Waals surface area contributed by atoms with Gasteiger partial charge < -0.3 is 10.1 Å². The molecule has 7 heteroatoms. The van der Waals surface area contributed by atoms with E-state index in [9.17, 15) is 14.7 Å². The minimum Gasteiger partial charge on any atom is -0.391 e. The van der Waals surface area contributed by atoms with Crippen molar-refractivity contribution in [3.05, 3.63) is 74.7 Å². The summed E-state index contributed by atoms with van der Waals surface area (Å²) in [6.45, 7) is 3.80. The van der Waals surface area contributed by atoms with Gasteiger partial charge >= 0.3 is 5.69 Å². The fourth-order valence-corrected chi connectivity index (χ4v) is 3.90. The van der Waals surface area contributed by atoms with Crippen LogP contribution >= 0.6 is 0 Å². The molecule has 3 aromatic rings. The van der Waals surface area contributed by atoms with Crippen molar-refractivity contribution >= 4 is 10.9 Å². The first-order valence-corrected chi connectivity index (χ1v) is 9.55. The molecule has 0 radical (unpaired) electrons. The van der Waals surface area contributed by atoms with Gasteiger partial charge in [0.15, 0.2) is 0 Å². The summed E-state index contributed by atoms with van der Waals surface area (Å²) in [6.07, 6.45) is 0.259. The van der Waals surface area contributed by atoms with Crippen LogP contribution in [0, 0.1) is 12.8 Å². The molecule has 28 heavy (non-hydrogen) atoms. The first kappa shape index (κ1) is 18.6. The quantitative estimate of drug-likeness (QED) is 0.687. The second-order valence-corrected chi connectivity index (χ2v) is 7.53. The summed E-state index contributed by atoms with van der Waals surface area (Å²) in [5.74, 6) is 0.0849. The van der Waals surface area contributed by atoms with Crippen molar-refractivity contribution in [1.82, 2.24) is 19.4 Å². The zero-order chi connectivity index (χ0) is 19.7. The van der Waals surface area contributed by atoms with Gasteiger partial charge in [-0.15, -0.1) is 0 Å². The highest BCUT2D eigenvalue weighted by Gasteiger charge is 2.31. The lowest BCUT2D eigenvalue weighted by molar-refractivity contribution is 0.140. The number of benzene rings is 1. The number of aromatic nitrogens is 3. The maximum Gasteiger partial charge on any atom is 0.328 e. The summed E-state index contributed by atoms with van der Waals surface area (Å²) in [5, 5.41) is 11.6. The monoisotopic (exact) mass is 380 g/mol. The zero-order valence-electron chi connectivity index (χ0n) is 15.8. The van der Waals surface area contributed by atoms with E-state index in [1.165, 1.54) is 10.6 Å². The molecule has 1 saturated heterocycles. The number of H-pyrrole nitrogens is 1. The van der Waals surface area contributed by atoms with Gasteiger partial charge in [0.25, 0.3) is 5.56 Å². The summed E-state index contributed by atoms with van der Waals surface area (Å²) in [7, 11) is 0. The molecular formula is C21H24N4O3. The molecule has 0 unspecified atom stereocenters. The van der Waals surface area contributed by atoms with Crippen LogP contribution in [0.3, 0.4) is 0 Å². The van der Waals surface area contributed by atoms with Crippen molar-refractivity contribution in [3.63, 3.8) is 0 Å². The van der Waals surface area contributed by atoms with Gasteiger partial charge in [-0.05, 0) is 25.5 Å². The predicted molar refractivity (Wildman–Crippen MR) is 107 cm³/mol. The van der Waals surface area contributed by atoms with Crippen LogP contribution in [-0.2, 0) is 13.0 Å². The van der Waals surface area contributed by atoms with Crippen LogP contribution in [0.2, 0.25) is 0 Å². The van der Waals surface area contributed by atoms with E-state index in [4.69, 9.17) is 4.98 Å². The third-order valence-electron chi connectivity index (χ3n) is 5.40. The van der Waals surface area contributed by atoms with Crippen molar-refractivity contribution < 1.29 is 5.11 Å². The number of hydrogen-bond donors (Lipinski definition) is 2. The van der Waals surface area contributed by atoms with Gasteiger partial charge in [-0.3, -0.25) is 19.2 Å². The van der Waals surface area contributed by atoms with Crippen LogP contribution in [0.25, 0.3) is 10.9 Å². The Hall–Kier alpha value is -2.77. The Morgan fingerprint density at radius 2 is 1.96 bits per heavy atom. The highest BCUT2D eigenvalue weighted by atomic mass is 16.3. The van der Waals surface area contributed by atoms with E-state index in [-0.39, 0.29) is 17.2 Å². The second-order valence-electron chi connectivity index (χ2n) is 7.53. The maximum absolute atomic E-state index is 12.0. The van der Waals surface area contributed by atoms with Gasteiger partial charge in [0.1, 0.15) is 0 Å². The molecular weight excluding hydrogens is 356 g/mol. The van der Waals surface area contributed by atoms with E-state index in [1.54, 1.807) is 6.92 Å². The molecule has 0 saturated carbocycles. The minimum atomic E-state index is -0.443. The van der Waals surface area contributed by atoms with Gasteiger partial charge in [0.2, 0.25) is 0 Å². The number of β-amino-alcohol motifs (C(OH)–C–C–N with tert-alkyl or cyclic N) is 1. The lowest BCUT2D eigenvalue weighted by Gasteiger charge is -2.16. The molecule has 146 valence electrons. The summed E-state index contributed by atoms with van der Waals surface area (Å²) in [5.41, 5.74) is 1.81. The van der Waals surface area contributed by atoms with E-state index >= 15 is 0 Å². The second kappa shape index (κ2) is 7.69. The average molecular weight is 380 g/mol. The van der Waals surface area contributed by atoms with Crippen LogP contribution in [0.15, 0.2) is 52.1 Å². The smallest absolute Gasteiger partial charge is 0.328 e. The molecule has 0 bridgehead atoms. The summed E-state index contributed by atoms with van der Waals surface area (Å²) in [6, 6.07) is 13.5. The third kappa shape index (κ3) is 3.90. The fourth-order valence-electron chi connectivity index (χ4n) is 3.90. The lowest BCUT2D eigenvalue weighted by atomic mass is 9.99. The van der Waals surface area contributed by atoms with Crippen molar-refractivity contribution in [2.45, 2.75) is 26.0 Å². The topological polar surface area (TPSA) is 91.2 Å². The number of nitrogens with one attached hydrogen (secondary N) is 1. The summed E-state index contributed by atoms with van der Waals surface area (Å²) in [4.78, 5) is 33.4. The van der Waals surface area contributed by atoms with Gasteiger partial charge in [-0.25, -0.2) is 4.79 Å². The average Bonchev–Trinajstić information content (AvgIpc) is 3.00. The van der Waals surface area contributed by atoms with Crippen LogP contribution < -0.4 is 11.2 Å². The number of likely N-dealkylation sites (tertiary alicyclic amines) is 1. The Balaban J connectivity index is 1.40. The molecule has 0 spiro atoms. The molecule has 0 aliphatic carbocycles. The van der Waals surface area contributed by atoms with E-state index in [0.717, 1.165) is 16.6 Å². The minimum absolute atomic E-state index is 0.0849. The molecule has 2 aromatic heterocycles. The number of aromatic amines is 1. The van der Waals surface area contributed by atoms with Crippen molar-refractivity contribution in [1.29, 1.82) is 0 Å². The standard InChI is InChI=1S/C21H24N4O3/c1-14-10-20(27)25(21(28)22-14)9-8-24-12-16(19(26)13-24)11-17-7-6-15-4-2-3-5-18(15)23-17/h2-7,10,16,19,26H,8-9,11-13H2,1H3,(H,22,28)/t16-,19-/m1/s1. The number of nitrogens with zero attached hydrogens (tertiary/aromatic N) is 3. The number of pyridine rings is 1. The summed E-state index contributed by atoms with van der Waals surface area (Å²) < 4.78 is 1.21. The number of para-hydroxylation sites is 1. The molecule has 3 heterocycles. The molecule has 7 nitrogen and oxygen atoms in total. The zero-order valence-corrected chi connectivity index (χ0v) is 15.8. The normalized spacial score (nSPS) is 20.1. The Kier molecular flexibility index (Phi) is 5.11. The number of hydrogen-bond acceptors (Lipinski definition) is 5. The van der Waals surface area contributed by atoms with E-state index in [0.29, 0.717) is 38.3 Å². The molecule has 1 aromatic carbocycles. The third-order valence-corrected chi connectivity index (χ3v) is 5.40. The van der Waals surface area contributed by atoms with Gasteiger partial charge in [-0.2, -0.15) is 0 Å². The van der Waals surface area contributed by atoms with Crippen LogP contribution in [0.5, 0.6) is 0 Å². The Bertz CT molecular complexity index is 1070. The Morgan fingerprint density at radius 1 is 1.14 bits per heavy atom. The predicted octanol–water partition coefficient (Wildman–Crippen LogP) is 0.929. The van der Waals surface area contributed by atoms with Gasteiger partial charge in [0.05, 0.1) is 11.6 Å².